The molecule has 0 aliphatic heterocycles. The van der Waals surface area contributed by atoms with Crippen molar-refractivity contribution in [1.29, 1.82) is 0 Å². The van der Waals surface area contributed by atoms with E-state index in [4.69, 9.17) is 17.3 Å². The number of benzene rings is 2. The number of aromatic carboxylic acids is 1. The number of nitrogens with two attached hydrogens (primary N) is 1. The third-order valence-corrected chi connectivity index (χ3v) is 4.57. The third kappa shape index (κ3) is 4.16. The third-order valence-electron chi connectivity index (χ3n) is 4.33. The number of carbonyl (C=O) groups is 1. The van der Waals surface area contributed by atoms with Crippen LogP contribution in [-0.2, 0) is 6.54 Å². The minimum Gasteiger partial charge on any atom is -0.478 e. The minimum absolute atomic E-state index is 0. The second-order valence-electron chi connectivity index (χ2n) is 5.98. The van der Waals surface area contributed by atoms with Crippen LogP contribution in [0.15, 0.2) is 54.4 Å². The summed E-state index contributed by atoms with van der Waals surface area (Å²) in [6.45, 7) is 2.04. The Kier molecular flexibility index (Phi) is 6.65. The van der Waals surface area contributed by atoms with Gasteiger partial charge in [0, 0.05) is 33.7 Å². The van der Waals surface area contributed by atoms with Crippen molar-refractivity contribution < 1.29 is 14.3 Å². The zero-order valence-electron chi connectivity index (χ0n) is 14.6. The molecule has 0 spiro atoms. The molecule has 4 nitrogen and oxygen atoms in total. The van der Waals surface area contributed by atoms with Gasteiger partial charge >= 0.3 is 5.97 Å². The lowest BCUT2D eigenvalue weighted by molar-refractivity contribution is 0.0697. The molecule has 0 radical (unpaired) electrons. The SMILES string of the molecule is Cc1c(-c2cccc(Cl)c2)c2cc(C(=O)O)ccc2n1CC(F)=CCN.Cl. The van der Waals surface area contributed by atoms with Crippen LogP contribution in [0.2, 0.25) is 5.02 Å². The van der Waals surface area contributed by atoms with Crippen molar-refractivity contribution in [2.45, 2.75) is 13.5 Å². The molecule has 142 valence electrons. The summed E-state index contributed by atoms with van der Waals surface area (Å²) in [5.41, 5.74) is 8.84. The molecule has 7 heteroatoms. The second kappa shape index (κ2) is 8.57. The molecular formula is C20H19Cl2FN2O2. The molecule has 3 aromatic rings. The van der Waals surface area contributed by atoms with E-state index in [0.29, 0.717) is 5.02 Å². The van der Waals surface area contributed by atoms with Crippen LogP contribution in [-0.4, -0.2) is 22.2 Å². The number of fused-ring (bicyclic) bond motifs is 1. The van der Waals surface area contributed by atoms with Crippen LogP contribution >= 0.6 is 24.0 Å². The first-order valence-corrected chi connectivity index (χ1v) is 8.47. The minimum atomic E-state index is -1.01. The predicted molar refractivity (Wildman–Crippen MR) is 110 cm³/mol. The molecule has 2 aromatic carbocycles. The number of carboxylic acids is 1. The van der Waals surface area contributed by atoms with Crippen molar-refractivity contribution in [2.24, 2.45) is 5.73 Å². The molecule has 1 aromatic heterocycles. The molecule has 0 atom stereocenters. The standard InChI is InChI=1S/C20H18ClFN2O2.ClH/c1-12-19(13-3-2-4-15(21)9-13)17-10-14(20(25)26)5-6-18(17)24(12)11-16(22)7-8-23;/h2-7,9-10H,8,11,23H2,1H3,(H,25,26);1H. The zero-order valence-corrected chi connectivity index (χ0v) is 16.1. The van der Waals surface area contributed by atoms with E-state index in [1.54, 1.807) is 18.2 Å². The number of carboxylic acid groups (broad SMARTS) is 1. The normalized spacial score (nSPS) is 11.5. The molecule has 3 rings (SSSR count). The topological polar surface area (TPSA) is 68.2 Å². The number of allylic oxidation sites excluding steroid dienone is 1. The zero-order chi connectivity index (χ0) is 18.8. The highest BCUT2D eigenvalue weighted by molar-refractivity contribution is 6.31. The van der Waals surface area contributed by atoms with Gasteiger partial charge in [0.2, 0.25) is 0 Å². The number of aromatic nitrogens is 1. The largest absolute Gasteiger partial charge is 0.478 e. The van der Waals surface area contributed by atoms with Crippen molar-refractivity contribution in [1.82, 2.24) is 4.57 Å². The van der Waals surface area contributed by atoms with Crippen molar-refractivity contribution >= 4 is 40.9 Å². The second-order valence-corrected chi connectivity index (χ2v) is 6.42. The van der Waals surface area contributed by atoms with Crippen molar-refractivity contribution in [3.63, 3.8) is 0 Å². The highest BCUT2D eigenvalue weighted by Crippen LogP contribution is 2.36. The highest BCUT2D eigenvalue weighted by Gasteiger charge is 2.18. The van der Waals surface area contributed by atoms with Gasteiger partial charge in [0.1, 0.15) is 5.83 Å². The Labute approximate surface area is 167 Å². The molecule has 0 amide bonds. The quantitative estimate of drug-likeness (QED) is 0.609. The highest BCUT2D eigenvalue weighted by atomic mass is 35.5. The summed E-state index contributed by atoms with van der Waals surface area (Å²) in [4.78, 5) is 11.4. The van der Waals surface area contributed by atoms with Crippen LogP contribution in [0, 0.1) is 6.92 Å². The summed E-state index contributed by atoms with van der Waals surface area (Å²) in [6, 6.07) is 12.2. The van der Waals surface area contributed by atoms with Gasteiger partial charge in [0.25, 0.3) is 0 Å². The van der Waals surface area contributed by atoms with Crippen LogP contribution in [0.5, 0.6) is 0 Å². The van der Waals surface area contributed by atoms with Gasteiger partial charge < -0.3 is 15.4 Å². The Bertz CT molecular complexity index is 1030. The Morgan fingerprint density at radius 2 is 2.04 bits per heavy atom. The lowest BCUT2D eigenvalue weighted by Gasteiger charge is -2.08. The van der Waals surface area contributed by atoms with E-state index >= 15 is 0 Å². The van der Waals surface area contributed by atoms with Gasteiger partial charge in [-0.05, 0) is 48.9 Å². The average Bonchev–Trinajstić information content (AvgIpc) is 2.86. The van der Waals surface area contributed by atoms with Crippen LogP contribution in [0.3, 0.4) is 0 Å². The molecule has 0 bridgehead atoms. The van der Waals surface area contributed by atoms with E-state index < -0.39 is 5.97 Å². The Morgan fingerprint density at radius 1 is 1.30 bits per heavy atom. The first-order chi connectivity index (χ1) is 12.4. The monoisotopic (exact) mass is 408 g/mol. The van der Waals surface area contributed by atoms with Gasteiger partial charge in [-0.1, -0.05) is 23.7 Å². The lowest BCUT2D eigenvalue weighted by atomic mass is 10.0. The summed E-state index contributed by atoms with van der Waals surface area (Å²) in [5.74, 6) is -1.35. The van der Waals surface area contributed by atoms with Crippen molar-refractivity contribution in [2.75, 3.05) is 6.54 Å². The Morgan fingerprint density at radius 3 is 2.67 bits per heavy atom. The molecule has 0 unspecified atom stereocenters. The van der Waals surface area contributed by atoms with E-state index in [1.807, 2.05) is 29.7 Å². The maximum Gasteiger partial charge on any atom is 0.335 e. The summed E-state index contributed by atoms with van der Waals surface area (Å²) < 4.78 is 15.9. The number of halogens is 3. The van der Waals surface area contributed by atoms with Crippen molar-refractivity contribution in [3.05, 3.63) is 70.6 Å². The summed E-state index contributed by atoms with van der Waals surface area (Å²) >= 11 is 6.13. The first kappa shape index (κ1) is 21.0. The van der Waals surface area contributed by atoms with Crippen LogP contribution < -0.4 is 5.73 Å². The van der Waals surface area contributed by atoms with E-state index in [0.717, 1.165) is 27.7 Å². The van der Waals surface area contributed by atoms with Gasteiger partial charge in [-0.15, -0.1) is 12.4 Å². The maximum atomic E-state index is 14.1. The van der Waals surface area contributed by atoms with Gasteiger partial charge in [-0.25, -0.2) is 9.18 Å². The predicted octanol–water partition coefficient (Wildman–Crippen LogP) is 5.20. The molecule has 0 fully saturated rings. The molecule has 1 heterocycles. The Balaban J connectivity index is 0.00000261. The lowest BCUT2D eigenvalue weighted by Crippen LogP contribution is -2.03. The summed E-state index contributed by atoms with van der Waals surface area (Å²) in [5, 5.41) is 10.6. The molecular weight excluding hydrogens is 390 g/mol. The summed E-state index contributed by atoms with van der Waals surface area (Å²) in [6.07, 6.45) is 1.33. The smallest absolute Gasteiger partial charge is 0.335 e. The fourth-order valence-corrected chi connectivity index (χ4v) is 3.36. The first-order valence-electron chi connectivity index (χ1n) is 8.09. The van der Waals surface area contributed by atoms with Gasteiger partial charge in [-0.2, -0.15) is 0 Å². The fourth-order valence-electron chi connectivity index (χ4n) is 3.17. The van der Waals surface area contributed by atoms with Gasteiger partial charge in [0.15, 0.2) is 0 Å². The molecule has 0 aliphatic carbocycles. The maximum absolute atomic E-state index is 14.1. The average molecular weight is 409 g/mol. The van der Waals surface area contributed by atoms with Crippen LogP contribution in [0.4, 0.5) is 4.39 Å². The summed E-state index contributed by atoms with van der Waals surface area (Å²) in [7, 11) is 0. The molecule has 0 saturated heterocycles. The van der Waals surface area contributed by atoms with Gasteiger partial charge in [-0.3, -0.25) is 0 Å². The van der Waals surface area contributed by atoms with E-state index in [9.17, 15) is 14.3 Å². The van der Waals surface area contributed by atoms with Crippen LogP contribution in [0.1, 0.15) is 16.1 Å². The van der Waals surface area contributed by atoms with Gasteiger partial charge in [0.05, 0.1) is 12.1 Å². The van der Waals surface area contributed by atoms with Crippen LogP contribution in [0.25, 0.3) is 22.0 Å². The molecule has 3 N–H and O–H groups in total. The van der Waals surface area contributed by atoms with E-state index in [1.165, 1.54) is 12.1 Å². The molecule has 27 heavy (non-hydrogen) atoms. The number of hydrogen-bond acceptors (Lipinski definition) is 2. The number of nitrogens with zero attached hydrogens (tertiary/aromatic N) is 1. The number of hydrogen-bond donors (Lipinski definition) is 2. The Hall–Kier alpha value is -2.34. The molecule has 0 aliphatic rings. The van der Waals surface area contributed by atoms with E-state index in [2.05, 4.69) is 0 Å². The fraction of sp³-hybridized carbons (Fsp3) is 0.150. The number of rotatable bonds is 5. The molecule has 0 saturated carbocycles. The van der Waals surface area contributed by atoms with E-state index in [-0.39, 0.29) is 36.9 Å². The van der Waals surface area contributed by atoms with Crippen molar-refractivity contribution in [3.8, 4) is 11.1 Å².